The SMILES string of the molecule is CCCN(CC1CC1)C(=O)C1CCN(S(=O)(=O)c2cc([N+](=O)[O-])ccc2C)CC1. The fraction of sp³-hybridized carbons (Fsp3) is 0.650. The maximum absolute atomic E-state index is 13.1. The molecule has 1 aromatic carbocycles. The third-order valence-electron chi connectivity index (χ3n) is 5.78. The number of hydrogen-bond donors (Lipinski definition) is 0. The largest absolute Gasteiger partial charge is 0.342 e. The molecule has 1 heterocycles. The molecule has 0 unspecified atom stereocenters. The summed E-state index contributed by atoms with van der Waals surface area (Å²) in [4.78, 5) is 25.3. The number of sulfonamides is 1. The average molecular weight is 424 g/mol. The number of nitrogens with zero attached hydrogens (tertiary/aromatic N) is 3. The van der Waals surface area contributed by atoms with Crippen LogP contribution in [0.1, 0.15) is 44.6 Å². The number of nitro groups is 1. The topological polar surface area (TPSA) is 101 Å². The molecule has 2 fully saturated rings. The first kappa shape index (κ1) is 21.7. The van der Waals surface area contributed by atoms with E-state index in [4.69, 9.17) is 0 Å². The van der Waals surface area contributed by atoms with Crippen molar-refractivity contribution < 1.29 is 18.1 Å². The van der Waals surface area contributed by atoms with Crippen molar-refractivity contribution >= 4 is 21.6 Å². The van der Waals surface area contributed by atoms with Crippen molar-refractivity contribution in [1.29, 1.82) is 0 Å². The van der Waals surface area contributed by atoms with Gasteiger partial charge in [0.2, 0.25) is 15.9 Å². The lowest BCUT2D eigenvalue weighted by atomic mass is 9.96. The minimum Gasteiger partial charge on any atom is -0.342 e. The van der Waals surface area contributed by atoms with Gasteiger partial charge in [0.1, 0.15) is 0 Å². The van der Waals surface area contributed by atoms with Gasteiger partial charge in [0.25, 0.3) is 5.69 Å². The number of nitro benzene ring substituents is 1. The lowest BCUT2D eigenvalue weighted by molar-refractivity contribution is -0.385. The summed E-state index contributed by atoms with van der Waals surface area (Å²) in [6, 6.07) is 3.89. The molecular weight excluding hydrogens is 394 g/mol. The van der Waals surface area contributed by atoms with E-state index in [1.807, 2.05) is 4.90 Å². The van der Waals surface area contributed by atoms with E-state index in [-0.39, 0.29) is 35.5 Å². The second-order valence-corrected chi connectivity index (χ2v) is 10.0. The van der Waals surface area contributed by atoms with Crippen molar-refractivity contribution in [3.63, 3.8) is 0 Å². The highest BCUT2D eigenvalue weighted by Gasteiger charge is 2.36. The molecule has 0 N–H and O–H groups in total. The number of aryl methyl sites for hydroxylation is 1. The summed E-state index contributed by atoms with van der Waals surface area (Å²) in [6.07, 6.45) is 4.26. The van der Waals surface area contributed by atoms with Crippen LogP contribution in [-0.4, -0.2) is 54.6 Å². The molecule has 0 aromatic heterocycles. The standard InChI is InChI=1S/C20H29N3O5S/c1-3-10-21(14-16-5-6-16)20(24)17-8-11-22(12-9-17)29(27,28)19-13-18(23(25)26)7-4-15(19)2/h4,7,13,16-17H,3,5-6,8-12,14H2,1-2H3. The van der Waals surface area contributed by atoms with E-state index in [0.717, 1.165) is 25.6 Å². The third-order valence-corrected chi connectivity index (χ3v) is 7.82. The predicted octanol–water partition coefficient (Wildman–Crippen LogP) is 2.95. The van der Waals surface area contributed by atoms with Crippen molar-refractivity contribution in [2.75, 3.05) is 26.2 Å². The van der Waals surface area contributed by atoms with Crippen LogP contribution in [0, 0.1) is 28.9 Å². The Morgan fingerprint density at radius 2 is 1.90 bits per heavy atom. The molecular formula is C20H29N3O5S. The van der Waals surface area contributed by atoms with E-state index in [9.17, 15) is 23.3 Å². The first-order valence-corrected chi connectivity index (χ1v) is 11.7. The molecule has 8 nitrogen and oxygen atoms in total. The number of non-ortho nitro benzene ring substituents is 1. The fourth-order valence-corrected chi connectivity index (χ4v) is 5.61. The summed E-state index contributed by atoms with van der Waals surface area (Å²) in [5.41, 5.74) is 0.238. The van der Waals surface area contributed by atoms with E-state index in [0.29, 0.717) is 24.3 Å². The maximum atomic E-state index is 13.1. The Morgan fingerprint density at radius 3 is 2.45 bits per heavy atom. The zero-order chi connectivity index (χ0) is 21.2. The van der Waals surface area contributed by atoms with E-state index >= 15 is 0 Å². The molecule has 1 saturated heterocycles. The van der Waals surface area contributed by atoms with Gasteiger partial charge in [0, 0.05) is 44.2 Å². The molecule has 0 bridgehead atoms. The van der Waals surface area contributed by atoms with Crippen molar-refractivity contribution in [2.24, 2.45) is 11.8 Å². The van der Waals surface area contributed by atoms with Gasteiger partial charge in [-0.3, -0.25) is 14.9 Å². The Labute approximate surface area is 172 Å². The fourth-order valence-electron chi connectivity index (χ4n) is 3.89. The zero-order valence-electron chi connectivity index (χ0n) is 17.0. The molecule has 1 aliphatic carbocycles. The molecule has 1 aliphatic heterocycles. The van der Waals surface area contributed by atoms with Gasteiger partial charge in [0.15, 0.2) is 0 Å². The molecule has 9 heteroatoms. The number of carbonyl (C=O) groups is 1. The molecule has 29 heavy (non-hydrogen) atoms. The maximum Gasteiger partial charge on any atom is 0.270 e. The molecule has 1 aromatic rings. The highest BCUT2D eigenvalue weighted by atomic mass is 32.2. The number of carbonyl (C=O) groups excluding carboxylic acids is 1. The molecule has 0 radical (unpaired) electrons. The van der Waals surface area contributed by atoms with Crippen molar-refractivity contribution in [3.8, 4) is 0 Å². The van der Waals surface area contributed by atoms with E-state index in [1.165, 1.54) is 29.3 Å². The van der Waals surface area contributed by atoms with Gasteiger partial charge in [-0.2, -0.15) is 4.31 Å². The monoisotopic (exact) mass is 423 g/mol. The third kappa shape index (κ3) is 4.95. The Hall–Kier alpha value is -2.00. The van der Waals surface area contributed by atoms with Crippen LogP contribution in [0.2, 0.25) is 0 Å². The Morgan fingerprint density at radius 1 is 1.24 bits per heavy atom. The van der Waals surface area contributed by atoms with Crippen LogP contribution in [0.5, 0.6) is 0 Å². The summed E-state index contributed by atoms with van der Waals surface area (Å²) in [6.45, 7) is 5.77. The molecule has 3 rings (SSSR count). The minimum atomic E-state index is -3.83. The summed E-state index contributed by atoms with van der Waals surface area (Å²) in [5, 5.41) is 11.0. The Balaban J connectivity index is 1.68. The first-order chi connectivity index (χ1) is 13.7. The van der Waals surface area contributed by atoms with Gasteiger partial charge < -0.3 is 4.90 Å². The van der Waals surface area contributed by atoms with Gasteiger partial charge in [-0.1, -0.05) is 13.0 Å². The van der Waals surface area contributed by atoms with E-state index in [1.54, 1.807) is 6.92 Å². The second kappa shape index (κ2) is 8.79. The van der Waals surface area contributed by atoms with E-state index in [2.05, 4.69) is 6.92 Å². The van der Waals surface area contributed by atoms with Crippen molar-refractivity contribution in [1.82, 2.24) is 9.21 Å². The van der Waals surface area contributed by atoms with Crippen LogP contribution in [0.15, 0.2) is 23.1 Å². The van der Waals surface area contributed by atoms with Crippen LogP contribution in [-0.2, 0) is 14.8 Å². The summed E-state index contributed by atoms with van der Waals surface area (Å²) in [5.74, 6) is 0.614. The first-order valence-electron chi connectivity index (χ1n) is 10.3. The summed E-state index contributed by atoms with van der Waals surface area (Å²) < 4.78 is 27.5. The van der Waals surface area contributed by atoms with Gasteiger partial charge in [0.05, 0.1) is 9.82 Å². The predicted molar refractivity (Wildman–Crippen MR) is 109 cm³/mol. The Bertz CT molecular complexity index is 874. The molecule has 1 amide bonds. The molecule has 0 spiro atoms. The quantitative estimate of drug-likeness (QED) is 0.473. The average Bonchev–Trinajstić information content (AvgIpc) is 3.51. The molecule has 1 saturated carbocycles. The van der Waals surface area contributed by atoms with E-state index < -0.39 is 14.9 Å². The highest BCUT2D eigenvalue weighted by Crippen LogP contribution is 2.32. The molecule has 2 aliphatic rings. The van der Waals surface area contributed by atoms with Crippen molar-refractivity contribution in [2.45, 2.75) is 50.8 Å². The summed E-state index contributed by atoms with van der Waals surface area (Å²) in [7, 11) is -3.83. The lowest BCUT2D eigenvalue weighted by Crippen LogP contribution is -2.45. The second-order valence-electron chi connectivity index (χ2n) is 8.11. The van der Waals surface area contributed by atoms with Gasteiger partial charge in [-0.15, -0.1) is 0 Å². The lowest BCUT2D eigenvalue weighted by Gasteiger charge is -2.34. The van der Waals surface area contributed by atoms with Gasteiger partial charge >= 0.3 is 0 Å². The number of benzene rings is 1. The number of hydrogen-bond acceptors (Lipinski definition) is 5. The smallest absolute Gasteiger partial charge is 0.270 e. The van der Waals surface area contributed by atoms with Crippen LogP contribution < -0.4 is 0 Å². The zero-order valence-corrected chi connectivity index (χ0v) is 17.9. The Kier molecular flexibility index (Phi) is 6.58. The van der Waals surface area contributed by atoms with Crippen LogP contribution in [0.25, 0.3) is 0 Å². The van der Waals surface area contributed by atoms with Crippen LogP contribution >= 0.6 is 0 Å². The normalized spacial score (nSPS) is 18.6. The number of piperidine rings is 1. The van der Waals surface area contributed by atoms with Gasteiger partial charge in [-0.25, -0.2) is 8.42 Å². The van der Waals surface area contributed by atoms with Crippen LogP contribution in [0.3, 0.4) is 0 Å². The number of rotatable bonds is 8. The van der Waals surface area contributed by atoms with Crippen LogP contribution in [0.4, 0.5) is 5.69 Å². The van der Waals surface area contributed by atoms with Crippen molar-refractivity contribution in [3.05, 3.63) is 33.9 Å². The number of amides is 1. The molecule has 0 atom stereocenters. The highest BCUT2D eigenvalue weighted by molar-refractivity contribution is 7.89. The van der Waals surface area contributed by atoms with Gasteiger partial charge in [-0.05, 0) is 50.5 Å². The summed E-state index contributed by atoms with van der Waals surface area (Å²) >= 11 is 0. The molecule has 160 valence electrons. The minimum absolute atomic E-state index is 0.0298.